The Labute approximate surface area is 127 Å². The van der Waals surface area contributed by atoms with Crippen LogP contribution in [0.2, 0.25) is 0 Å². The molecule has 116 valence electrons. The number of benzene rings is 1. The van der Waals surface area contributed by atoms with Crippen LogP contribution in [0.4, 0.5) is 0 Å². The van der Waals surface area contributed by atoms with Gasteiger partial charge in [-0.3, -0.25) is 4.79 Å². The van der Waals surface area contributed by atoms with E-state index < -0.39 is 0 Å². The Bertz CT molecular complexity index is 464. The molecule has 0 saturated heterocycles. The molecule has 4 nitrogen and oxygen atoms in total. The first kappa shape index (κ1) is 17.2. The first-order chi connectivity index (χ1) is 9.90. The van der Waals surface area contributed by atoms with Gasteiger partial charge in [0.05, 0.1) is 6.21 Å². The molecule has 4 heteroatoms. The molecule has 0 aromatic heterocycles. The number of nitrogens with zero attached hydrogens (tertiary/aromatic N) is 1. The molecular formula is C17H26N2O2. The van der Waals surface area contributed by atoms with Crippen molar-refractivity contribution >= 4 is 12.1 Å². The van der Waals surface area contributed by atoms with Crippen molar-refractivity contribution < 1.29 is 9.63 Å². The van der Waals surface area contributed by atoms with Crippen LogP contribution in [-0.4, -0.2) is 24.8 Å². The summed E-state index contributed by atoms with van der Waals surface area (Å²) in [6.45, 7) is 10.3. The highest BCUT2D eigenvalue weighted by molar-refractivity contribution is 5.80. The predicted octanol–water partition coefficient (Wildman–Crippen LogP) is 3.32. The summed E-state index contributed by atoms with van der Waals surface area (Å²) in [6.07, 6.45) is 1.61. The van der Waals surface area contributed by atoms with Crippen LogP contribution < -0.4 is 5.32 Å². The highest BCUT2D eigenvalue weighted by Gasteiger charge is 2.10. The number of amides is 1. The number of carbonyl (C=O) groups is 1. The van der Waals surface area contributed by atoms with Gasteiger partial charge in [-0.1, -0.05) is 57.1 Å². The Morgan fingerprint density at radius 1 is 1.19 bits per heavy atom. The second kappa shape index (κ2) is 8.45. The van der Waals surface area contributed by atoms with Crippen LogP contribution in [0.5, 0.6) is 0 Å². The van der Waals surface area contributed by atoms with Crippen molar-refractivity contribution in [1.82, 2.24) is 5.32 Å². The normalized spacial score (nSPS) is 12.9. The van der Waals surface area contributed by atoms with Crippen LogP contribution in [0.1, 0.15) is 51.7 Å². The van der Waals surface area contributed by atoms with Crippen molar-refractivity contribution in [2.45, 2.75) is 46.6 Å². The smallest absolute Gasteiger partial charge is 0.260 e. The number of hydrogen-bond donors (Lipinski definition) is 1. The number of oxime groups is 1. The lowest BCUT2D eigenvalue weighted by Crippen LogP contribution is -2.38. The molecule has 0 aliphatic rings. The third-order valence-electron chi connectivity index (χ3n) is 3.46. The minimum atomic E-state index is -0.150. The summed E-state index contributed by atoms with van der Waals surface area (Å²) in [5.74, 6) is 0.763. The van der Waals surface area contributed by atoms with Crippen LogP contribution in [0, 0.1) is 5.92 Å². The van der Waals surface area contributed by atoms with Gasteiger partial charge < -0.3 is 10.2 Å². The largest absolute Gasteiger partial charge is 0.386 e. The van der Waals surface area contributed by atoms with Gasteiger partial charge in [0.15, 0.2) is 6.61 Å². The van der Waals surface area contributed by atoms with Crippen LogP contribution in [0.25, 0.3) is 0 Å². The van der Waals surface area contributed by atoms with E-state index in [1.54, 1.807) is 6.21 Å². The molecule has 1 atom stereocenters. The summed E-state index contributed by atoms with van der Waals surface area (Å²) < 4.78 is 0. The summed E-state index contributed by atoms with van der Waals surface area (Å²) >= 11 is 0. The minimum Gasteiger partial charge on any atom is -0.386 e. The van der Waals surface area contributed by atoms with Gasteiger partial charge in [-0.2, -0.15) is 0 Å². The third-order valence-corrected chi connectivity index (χ3v) is 3.46. The zero-order chi connectivity index (χ0) is 15.8. The average molecular weight is 290 g/mol. The monoisotopic (exact) mass is 290 g/mol. The molecule has 1 amide bonds. The molecule has 1 aromatic rings. The van der Waals surface area contributed by atoms with Gasteiger partial charge in [-0.15, -0.1) is 0 Å². The first-order valence-electron chi connectivity index (χ1n) is 7.44. The Morgan fingerprint density at radius 3 is 2.33 bits per heavy atom. The van der Waals surface area contributed by atoms with Crippen molar-refractivity contribution in [1.29, 1.82) is 0 Å². The van der Waals surface area contributed by atoms with Gasteiger partial charge in [-0.25, -0.2) is 0 Å². The topological polar surface area (TPSA) is 50.7 Å². The molecule has 0 aliphatic carbocycles. The number of hydrogen-bond acceptors (Lipinski definition) is 3. The summed E-state index contributed by atoms with van der Waals surface area (Å²) in [6, 6.07) is 8.26. The highest BCUT2D eigenvalue weighted by Crippen LogP contribution is 2.13. The van der Waals surface area contributed by atoms with Crippen molar-refractivity contribution in [3.63, 3.8) is 0 Å². The summed E-state index contributed by atoms with van der Waals surface area (Å²) in [5.41, 5.74) is 2.24. The fraction of sp³-hybridized carbons (Fsp3) is 0.529. The molecular weight excluding hydrogens is 264 g/mol. The number of nitrogens with one attached hydrogen (secondary N) is 1. The fourth-order valence-corrected chi connectivity index (χ4v) is 1.62. The van der Waals surface area contributed by atoms with E-state index in [0.717, 1.165) is 5.56 Å². The van der Waals surface area contributed by atoms with Gasteiger partial charge >= 0.3 is 0 Å². The summed E-state index contributed by atoms with van der Waals surface area (Å²) in [4.78, 5) is 16.6. The van der Waals surface area contributed by atoms with Crippen LogP contribution in [0.15, 0.2) is 29.4 Å². The second-order valence-corrected chi connectivity index (χ2v) is 5.93. The molecule has 21 heavy (non-hydrogen) atoms. The lowest BCUT2D eigenvalue weighted by Gasteiger charge is -2.16. The standard InChI is InChI=1S/C17H26N2O2/c1-12(2)14(5)19-17(20)11-21-18-10-15-6-8-16(9-7-15)13(3)4/h6-10,12-14H,11H2,1-5H3,(H,19,20)/b18-10-/t14-/m0/s1. The quantitative estimate of drug-likeness (QED) is 0.618. The second-order valence-electron chi connectivity index (χ2n) is 5.93. The third kappa shape index (κ3) is 6.43. The van der Waals surface area contributed by atoms with Gasteiger partial charge in [0.1, 0.15) is 0 Å². The Kier molecular flexibility index (Phi) is 6.92. The molecule has 0 unspecified atom stereocenters. The Hall–Kier alpha value is -1.84. The Morgan fingerprint density at radius 2 is 1.81 bits per heavy atom. The van der Waals surface area contributed by atoms with Crippen LogP contribution >= 0.6 is 0 Å². The predicted molar refractivity (Wildman–Crippen MR) is 86.5 cm³/mol. The molecule has 1 aromatic carbocycles. The van der Waals surface area contributed by atoms with Crippen molar-refractivity contribution in [3.8, 4) is 0 Å². The summed E-state index contributed by atoms with van der Waals surface area (Å²) in [5, 5.41) is 6.68. The molecule has 0 bridgehead atoms. The van der Waals surface area contributed by atoms with Crippen LogP contribution in [-0.2, 0) is 9.63 Å². The zero-order valence-electron chi connectivity index (χ0n) is 13.6. The lowest BCUT2D eigenvalue weighted by molar-refractivity contribution is -0.126. The van der Waals surface area contributed by atoms with Gasteiger partial charge in [0, 0.05) is 6.04 Å². The zero-order valence-corrected chi connectivity index (χ0v) is 13.6. The van der Waals surface area contributed by atoms with E-state index in [0.29, 0.717) is 11.8 Å². The molecule has 0 saturated carbocycles. The number of rotatable bonds is 7. The van der Waals surface area contributed by atoms with E-state index in [4.69, 9.17) is 4.84 Å². The lowest BCUT2D eigenvalue weighted by atomic mass is 10.0. The molecule has 0 aliphatic heterocycles. The van der Waals surface area contributed by atoms with E-state index in [1.807, 2.05) is 19.1 Å². The van der Waals surface area contributed by atoms with Crippen LogP contribution in [0.3, 0.4) is 0 Å². The minimum absolute atomic E-state index is 0.0579. The van der Waals surface area contributed by atoms with E-state index >= 15 is 0 Å². The Balaban J connectivity index is 2.36. The maximum atomic E-state index is 11.6. The SMILES string of the molecule is CC(C)c1ccc(/C=N\OCC(=O)N[C@@H](C)C(C)C)cc1. The van der Waals surface area contributed by atoms with E-state index in [9.17, 15) is 4.79 Å². The highest BCUT2D eigenvalue weighted by atomic mass is 16.6. The van der Waals surface area contributed by atoms with E-state index in [-0.39, 0.29) is 18.6 Å². The van der Waals surface area contributed by atoms with Gasteiger partial charge in [0.2, 0.25) is 0 Å². The van der Waals surface area contributed by atoms with Crippen molar-refractivity contribution in [2.24, 2.45) is 11.1 Å². The van der Waals surface area contributed by atoms with Crippen molar-refractivity contribution in [2.75, 3.05) is 6.61 Å². The number of carbonyl (C=O) groups excluding carboxylic acids is 1. The molecule has 0 spiro atoms. The van der Waals surface area contributed by atoms with E-state index in [2.05, 4.69) is 50.3 Å². The maximum Gasteiger partial charge on any atom is 0.260 e. The summed E-state index contributed by atoms with van der Waals surface area (Å²) in [7, 11) is 0. The van der Waals surface area contributed by atoms with Gasteiger partial charge in [0.25, 0.3) is 5.91 Å². The first-order valence-corrected chi connectivity index (χ1v) is 7.44. The molecule has 0 radical (unpaired) electrons. The molecule has 1 N–H and O–H groups in total. The maximum absolute atomic E-state index is 11.6. The molecule has 0 heterocycles. The van der Waals surface area contributed by atoms with E-state index in [1.165, 1.54) is 5.56 Å². The average Bonchev–Trinajstić information content (AvgIpc) is 2.44. The fourth-order valence-electron chi connectivity index (χ4n) is 1.62. The van der Waals surface area contributed by atoms with Crippen molar-refractivity contribution in [3.05, 3.63) is 35.4 Å². The molecule has 0 fully saturated rings. The van der Waals surface area contributed by atoms with Gasteiger partial charge in [-0.05, 0) is 29.9 Å². The molecule has 1 rings (SSSR count).